The summed E-state index contributed by atoms with van der Waals surface area (Å²) in [5, 5.41) is 7.72. The predicted octanol–water partition coefficient (Wildman–Crippen LogP) is 5.73. The molecular formula is C19H38O4. The number of carboxylic acid groups (broad SMARTS) is 1. The highest BCUT2D eigenvalue weighted by Gasteiger charge is 1.97. The molecule has 0 unspecified atom stereocenters. The van der Waals surface area contributed by atoms with E-state index in [1.54, 1.807) is 6.92 Å². The number of carboxylic acids is 1. The van der Waals surface area contributed by atoms with Gasteiger partial charge in [0.1, 0.15) is 0 Å². The van der Waals surface area contributed by atoms with E-state index in [0.717, 1.165) is 6.42 Å². The number of hydrogen-bond donors (Lipinski definition) is 1. The molecule has 0 aromatic carbocycles. The quantitative estimate of drug-likeness (QED) is 0.326. The van der Waals surface area contributed by atoms with Gasteiger partial charge in [0.05, 0.1) is 6.61 Å². The second kappa shape index (κ2) is 20.9. The zero-order valence-electron chi connectivity index (χ0n) is 15.6. The summed E-state index contributed by atoms with van der Waals surface area (Å²) in [5.74, 6) is -0.813. The molecule has 4 nitrogen and oxygen atoms in total. The highest BCUT2D eigenvalue weighted by molar-refractivity contribution is 5.68. The topological polar surface area (TPSA) is 63.6 Å². The van der Waals surface area contributed by atoms with Crippen molar-refractivity contribution in [2.75, 3.05) is 6.61 Å². The standard InChI is InChI=1S/C16H32O2.C3H6O2/c1-3-5-6-7-8-9-10-11-12-13-14-15-18-16(17)4-2;1-2-3(4)5/h3-15H2,1-2H3;2H2,1H3,(H,4,5). The smallest absolute Gasteiger partial charge is 0.305 e. The lowest BCUT2D eigenvalue weighted by Gasteiger charge is -2.03. The van der Waals surface area contributed by atoms with Gasteiger partial charge in [-0.25, -0.2) is 0 Å². The second-order valence-electron chi connectivity index (χ2n) is 5.86. The average Bonchev–Trinajstić information content (AvgIpc) is 2.56. The van der Waals surface area contributed by atoms with E-state index in [1.807, 2.05) is 6.92 Å². The monoisotopic (exact) mass is 330 g/mol. The van der Waals surface area contributed by atoms with Crippen LogP contribution in [-0.4, -0.2) is 23.7 Å². The van der Waals surface area contributed by atoms with Crippen LogP contribution < -0.4 is 0 Å². The van der Waals surface area contributed by atoms with Crippen molar-refractivity contribution >= 4 is 11.9 Å². The lowest BCUT2D eigenvalue weighted by Crippen LogP contribution is -2.03. The number of carbonyl (C=O) groups is 2. The maximum absolute atomic E-state index is 10.9. The first-order chi connectivity index (χ1) is 11.1. The number of unbranched alkanes of at least 4 members (excludes halogenated alkanes) is 10. The summed E-state index contributed by atoms with van der Waals surface area (Å²) in [6.45, 7) is 6.31. The molecule has 0 amide bonds. The highest BCUT2D eigenvalue weighted by atomic mass is 16.5. The van der Waals surface area contributed by atoms with E-state index in [-0.39, 0.29) is 12.4 Å². The Morgan fingerprint density at radius 1 is 0.696 bits per heavy atom. The van der Waals surface area contributed by atoms with Crippen LogP contribution >= 0.6 is 0 Å². The number of rotatable bonds is 14. The van der Waals surface area contributed by atoms with Crippen LogP contribution in [0.1, 0.15) is 104 Å². The SMILES string of the molecule is CCC(=O)O.CCCCCCCCCCCCCOC(=O)CC. The van der Waals surface area contributed by atoms with E-state index in [4.69, 9.17) is 9.84 Å². The van der Waals surface area contributed by atoms with Crippen molar-refractivity contribution in [1.82, 2.24) is 0 Å². The normalized spacial score (nSPS) is 9.87. The van der Waals surface area contributed by atoms with Gasteiger partial charge < -0.3 is 9.84 Å². The summed E-state index contributed by atoms with van der Waals surface area (Å²) >= 11 is 0. The Morgan fingerprint density at radius 2 is 1.09 bits per heavy atom. The van der Waals surface area contributed by atoms with Crippen molar-refractivity contribution in [3.8, 4) is 0 Å². The van der Waals surface area contributed by atoms with Gasteiger partial charge in [-0.1, -0.05) is 85.0 Å². The van der Waals surface area contributed by atoms with Crippen LogP contribution in [0.3, 0.4) is 0 Å². The molecule has 23 heavy (non-hydrogen) atoms. The van der Waals surface area contributed by atoms with Gasteiger partial charge in [0.25, 0.3) is 0 Å². The molecule has 0 radical (unpaired) electrons. The van der Waals surface area contributed by atoms with Gasteiger partial charge in [0.15, 0.2) is 0 Å². The van der Waals surface area contributed by atoms with Crippen LogP contribution in [0.25, 0.3) is 0 Å². The molecule has 0 saturated carbocycles. The summed E-state index contributed by atoms with van der Waals surface area (Å²) in [6, 6.07) is 0. The molecule has 0 atom stereocenters. The first-order valence-corrected chi connectivity index (χ1v) is 9.45. The fourth-order valence-electron chi connectivity index (χ4n) is 2.05. The Balaban J connectivity index is 0. The van der Waals surface area contributed by atoms with E-state index in [9.17, 15) is 9.59 Å². The van der Waals surface area contributed by atoms with Crippen molar-refractivity contribution in [1.29, 1.82) is 0 Å². The summed E-state index contributed by atoms with van der Waals surface area (Å²) in [7, 11) is 0. The zero-order chi connectivity index (χ0) is 17.8. The third-order valence-corrected chi connectivity index (χ3v) is 3.60. The van der Waals surface area contributed by atoms with Gasteiger partial charge in [0.2, 0.25) is 0 Å². The van der Waals surface area contributed by atoms with Gasteiger partial charge in [-0.3, -0.25) is 9.59 Å². The number of ether oxygens (including phenoxy) is 1. The largest absolute Gasteiger partial charge is 0.481 e. The molecule has 0 heterocycles. The third kappa shape index (κ3) is 26.2. The molecule has 138 valence electrons. The van der Waals surface area contributed by atoms with Crippen LogP contribution in [0.2, 0.25) is 0 Å². The number of esters is 1. The molecule has 0 aliphatic carbocycles. The van der Waals surface area contributed by atoms with Crippen LogP contribution in [0.5, 0.6) is 0 Å². The van der Waals surface area contributed by atoms with Crippen molar-refractivity contribution < 1.29 is 19.4 Å². The Bertz CT molecular complexity index is 264. The molecular weight excluding hydrogens is 292 g/mol. The van der Waals surface area contributed by atoms with Gasteiger partial charge in [-0.05, 0) is 6.42 Å². The molecule has 0 aromatic rings. The van der Waals surface area contributed by atoms with E-state index in [0.29, 0.717) is 13.0 Å². The molecule has 4 heteroatoms. The van der Waals surface area contributed by atoms with E-state index in [1.165, 1.54) is 64.2 Å². The van der Waals surface area contributed by atoms with E-state index >= 15 is 0 Å². The molecule has 0 aliphatic heterocycles. The first kappa shape index (κ1) is 24.2. The zero-order valence-corrected chi connectivity index (χ0v) is 15.6. The molecule has 0 spiro atoms. The Labute approximate surface area is 143 Å². The molecule has 1 N–H and O–H groups in total. The summed E-state index contributed by atoms with van der Waals surface area (Å²) in [6.07, 6.45) is 15.3. The minimum Gasteiger partial charge on any atom is -0.481 e. The van der Waals surface area contributed by atoms with Gasteiger partial charge in [0, 0.05) is 12.8 Å². The minimum atomic E-state index is -0.745. The minimum absolute atomic E-state index is 0.0675. The van der Waals surface area contributed by atoms with Crippen LogP contribution in [0, 0.1) is 0 Å². The fraction of sp³-hybridized carbons (Fsp3) is 0.895. The Hall–Kier alpha value is -1.06. The molecule has 0 aliphatic rings. The van der Waals surface area contributed by atoms with E-state index < -0.39 is 5.97 Å². The molecule has 0 aromatic heterocycles. The average molecular weight is 331 g/mol. The Morgan fingerprint density at radius 3 is 1.43 bits per heavy atom. The lowest BCUT2D eigenvalue weighted by molar-refractivity contribution is -0.143. The highest BCUT2D eigenvalue weighted by Crippen LogP contribution is 2.11. The first-order valence-electron chi connectivity index (χ1n) is 9.45. The van der Waals surface area contributed by atoms with Gasteiger partial charge >= 0.3 is 11.9 Å². The van der Waals surface area contributed by atoms with Crippen molar-refractivity contribution in [3.05, 3.63) is 0 Å². The van der Waals surface area contributed by atoms with Crippen LogP contribution in [0.15, 0.2) is 0 Å². The lowest BCUT2D eigenvalue weighted by atomic mass is 10.1. The Kier molecular flexibility index (Phi) is 22.0. The third-order valence-electron chi connectivity index (χ3n) is 3.60. The molecule has 0 bridgehead atoms. The van der Waals surface area contributed by atoms with Crippen LogP contribution in [-0.2, 0) is 14.3 Å². The summed E-state index contributed by atoms with van der Waals surface area (Å²) in [5.41, 5.74) is 0. The van der Waals surface area contributed by atoms with Crippen molar-refractivity contribution in [3.63, 3.8) is 0 Å². The van der Waals surface area contributed by atoms with Crippen molar-refractivity contribution in [2.45, 2.75) is 104 Å². The van der Waals surface area contributed by atoms with Crippen LogP contribution in [0.4, 0.5) is 0 Å². The summed E-state index contributed by atoms with van der Waals surface area (Å²) < 4.78 is 5.03. The van der Waals surface area contributed by atoms with E-state index in [2.05, 4.69) is 6.92 Å². The fourth-order valence-corrected chi connectivity index (χ4v) is 2.05. The second-order valence-corrected chi connectivity index (χ2v) is 5.86. The number of carbonyl (C=O) groups excluding carboxylic acids is 1. The van der Waals surface area contributed by atoms with Gasteiger partial charge in [-0.2, -0.15) is 0 Å². The maximum Gasteiger partial charge on any atom is 0.305 e. The maximum atomic E-state index is 10.9. The number of hydrogen-bond acceptors (Lipinski definition) is 3. The predicted molar refractivity (Wildman–Crippen MR) is 95.6 cm³/mol. The molecule has 0 rings (SSSR count). The summed E-state index contributed by atoms with van der Waals surface area (Å²) in [4.78, 5) is 20.2. The molecule has 0 fully saturated rings. The van der Waals surface area contributed by atoms with Crippen molar-refractivity contribution in [2.24, 2.45) is 0 Å². The molecule has 0 saturated heterocycles. The van der Waals surface area contributed by atoms with Gasteiger partial charge in [-0.15, -0.1) is 0 Å². The number of aliphatic carboxylic acids is 1.